The minimum absolute atomic E-state index is 0.732. The first kappa shape index (κ1) is 26.1. The molecule has 0 N–H and O–H groups in total. The third-order valence-electron chi connectivity index (χ3n) is 6.42. The molecular formula is C34H37NO2. The smallest absolute Gasteiger partial charge is 0.127 e. The zero-order valence-electron chi connectivity index (χ0n) is 22.2. The predicted octanol–water partition coefficient (Wildman–Crippen LogP) is 9.60. The summed E-state index contributed by atoms with van der Waals surface area (Å²) in [6, 6.07) is 33.7. The molecule has 0 fully saturated rings. The summed E-state index contributed by atoms with van der Waals surface area (Å²) in [4.78, 5) is 2.27. The van der Waals surface area contributed by atoms with Crippen LogP contribution in [0.4, 0.5) is 17.1 Å². The summed E-state index contributed by atoms with van der Waals surface area (Å²) in [7, 11) is 1.71. The van der Waals surface area contributed by atoms with Gasteiger partial charge in [0.2, 0.25) is 0 Å². The Morgan fingerprint density at radius 1 is 0.676 bits per heavy atom. The van der Waals surface area contributed by atoms with E-state index in [0.717, 1.165) is 58.3 Å². The van der Waals surface area contributed by atoms with Gasteiger partial charge in [-0.15, -0.1) is 0 Å². The van der Waals surface area contributed by atoms with Gasteiger partial charge >= 0.3 is 0 Å². The summed E-state index contributed by atoms with van der Waals surface area (Å²) in [6.45, 7) is 5.01. The van der Waals surface area contributed by atoms with E-state index >= 15 is 0 Å². The highest BCUT2D eigenvalue weighted by molar-refractivity contribution is 5.78. The van der Waals surface area contributed by atoms with E-state index < -0.39 is 0 Å². The molecule has 0 radical (unpaired) electrons. The number of rotatable bonds is 12. The van der Waals surface area contributed by atoms with E-state index in [1.54, 1.807) is 7.11 Å². The molecule has 0 unspecified atom stereocenters. The van der Waals surface area contributed by atoms with Crippen molar-refractivity contribution in [1.82, 2.24) is 0 Å². The van der Waals surface area contributed by atoms with Crippen LogP contribution in [0.25, 0.3) is 12.2 Å². The molecule has 0 aliphatic rings. The highest BCUT2D eigenvalue weighted by atomic mass is 16.5. The van der Waals surface area contributed by atoms with Crippen molar-refractivity contribution in [3.05, 3.63) is 114 Å². The van der Waals surface area contributed by atoms with Gasteiger partial charge in [0.1, 0.15) is 11.5 Å². The third kappa shape index (κ3) is 7.04. The Kier molecular flexibility index (Phi) is 9.42. The van der Waals surface area contributed by atoms with Gasteiger partial charge in [-0.05, 0) is 73.0 Å². The zero-order chi connectivity index (χ0) is 25.9. The summed E-state index contributed by atoms with van der Waals surface area (Å²) >= 11 is 0. The van der Waals surface area contributed by atoms with Crippen molar-refractivity contribution in [2.24, 2.45) is 0 Å². The van der Waals surface area contributed by atoms with E-state index in [4.69, 9.17) is 9.47 Å². The second-order valence-electron chi connectivity index (χ2n) is 9.20. The van der Waals surface area contributed by atoms with Crippen molar-refractivity contribution in [2.45, 2.75) is 39.5 Å². The van der Waals surface area contributed by atoms with E-state index in [0.29, 0.717) is 0 Å². The van der Waals surface area contributed by atoms with E-state index in [2.05, 4.69) is 116 Å². The quantitative estimate of drug-likeness (QED) is 0.145. The lowest BCUT2D eigenvalue weighted by atomic mass is 10.1. The first-order valence-electron chi connectivity index (χ1n) is 13.2. The van der Waals surface area contributed by atoms with Gasteiger partial charge in [-0.2, -0.15) is 0 Å². The molecule has 0 aliphatic carbocycles. The SMILES string of the molecule is CCCCCCOc1cc(C)c(OC)cc1/C=C/c1ccc(N(c2ccccc2)c2ccccc2)cc1. The summed E-state index contributed by atoms with van der Waals surface area (Å²) in [5.74, 6) is 1.77. The molecule has 0 bridgehead atoms. The van der Waals surface area contributed by atoms with Crippen LogP contribution in [-0.2, 0) is 0 Å². The van der Waals surface area contributed by atoms with Crippen LogP contribution in [0.1, 0.15) is 49.3 Å². The Balaban J connectivity index is 1.56. The van der Waals surface area contributed by atoms with Gasteiger partial charge < -0.3 is 14.4 Å². The van der Waals surface area contributed by atoms with E-state index in [1.165, 1.54) is 19.3 Å². The molecular weight excluding hydrogens is 454 g/mol. The maximum Gasteiger partial charge on any atom is 0.127 e. The van der Waals surface area contributed by atoms with Gasteiger partial charge in [0.25, 0.3) is 0 Å². The predicted molar refractivity (Wildman–Crippen MR) is 157 cm³/mol. The normalized spacial score (nSPS) is 11.0. The Morgan fingerprint density at radius 3 is 1.89 bits per heavy atom. The van der Waals surface area contributed by atoms with Gasteiger partial charge in [0, 0.05) is 22.6 Å². The van der Waals surface area contributed by atoms with E-state index in [-0.39, 0.29) is 0 Å². The Labute approximate surface area is 222 Å². The second kappa shape index (κ2) is 13.4. The van der Waals surface area contributed by atoms with Crippen LogP contribution in [0.5, 0.6) is 11.5 Å². The van der Waals surface area contributed by atoms with Crippen molar-refractivity contribution < 1.29 is 9.47 Å². The monoisotopic (exact) mass is 491 g/mol. The van der Waals surface area contributed by atoms with Crippen LogP contribution in [0.3, 0.4) is 0 Å². The number of aryl methyl sites for hydroxylation is 1. The molecule has 4 aromatic carbocycles. The first-order chi connectivity index (χ1) is 18.2. The van der Waals surface area contributed by atoms with E-state index in [1.807, 2.05) is 12.1 Å². The Hall–Kier alpha value is -3.98. The largest absolute Gasteiger partial charge is 0.496 e. The number of hydrogen-bond acceptors (Lipinski definition) is 3. The molecule has 0 aromatic heterocycles. The number of hydrogen-bond donors (Lipinski definition) is 0. The summed E-state index contributed by atoms with van der Waals surface area (Å²) < 4.78 is 11.8. The van der Waals surface area contributed by atoms with Gasteiger partial charge in [-0.1, -0.05) is 86.9 Å². The molecule has 0 spiro atoms. The van der Waals surface area contributed by atoms with Crippen LogP contribution < -0.4 is 14.4 Å². The van der Waals surface area contributed by atoms with Gasteiger partial charge in [0.05, 0.1) is 13.7 Å². The maximum absolute atomic E-state index is 6.19. The van der Waals surface area contributed by atoms with Crippen LogP contribution in [0, 0.1) is 6.92 Å². The maximum atomic E-state index is 6.19. The molecule has 0 heterocycles. The molecule has 3 nitrogen and oxygen atoms in total. The number of methoxy groups -OCH3 is 1. The van der Waals surface area contributed by atoms with Crippen LogP contribution >= 0.6 is 0 Å². The molecule has 4 rings (SSSR count). The number of ether oxygens (including phenoxy) is 2. The molecule has 190 valence electrons. The third-order valence-corrected chi connectivity index (χ3v) is 6.42. The zero-order valence-corrected chi connectivity index (χ0v) is 22.2. The molecule has 0 saturated carbocycles. The number of anilines is 3. The van der Waals surface area contributed by atoms with Crippen molar-refractivity contribution in [3.8, 4) is 11.5 Å². The Bertz CT molecular complexity index is 1230. The molecule has 0 saturated heterocycles. The first-order valence-corrected chi connectivity index (χ1v) is 13.2. The molecule has 3 heteroatoms. The van der Waals surface area contributed by atoms with Crippen molar-refractivity contribution in [3.63, 3.8) is 0 Å². The molecule has 4 aromatic rings. The highest BCUT2D eigenvalue weighted by Crippen LogP contribution is 2.35. The molecule has 0 amide bonds. The lowest BCUT2D eigenvalue weighted by Crippen LogP contribution is -2.09. The number of para-hydroxylation sites is 2. The van der Waals surface area contributed by atoms with E-state index in [9.17, 15) is 0 Å². The molecule has 0 atom stereocenters. The van der Waals surface area contributed by atoms with Gasteiger partial charge in [-0.25, -0.2) is 0 Å². The summed E-state index contributed by atoms with van der Waals surface area (Å²) in [5.41, 5.74) is 6.60. The average molecular weight is 492 g/mol. The Morgan fingerprint density at radius 2 is 1.30 bits per heavy atom. The number of benzene rings is 4. The fourth-order valence-corrected chi connectivity index (χ4v) is 4.39. The summed E-state index contributed by atoms with van der Waals surface area (Å²) in [5, 5.41) is 0. The number of nitrogens with zero attached hydrogens (tertiary/aromatic N) is 1. The lowest BCUT2D eigenvalue weighted by Gasteiger charge is -2.25. The van der Waals surface area contributed by atoms with Gasteiger partial charge in [-0.3, -0.25) is 0 Å². The van der Waals surface area contributed by atoms with Crippen LogP contribution in [-0.4, -0.2) is 13.7 Å². The average Bonchev–Trinajstić information content (AvgIpc) is 2.94. The molecule has 37 heavy (non-hydrogen) atoms. The fraction of sp³-hybridized carbons (Fsp3) is 0.235. The summed E-state index contributed by atoms with van der Waals surface area (Å²) in [6.07, 6.45) is 9.00. The minimum atomic E-state index is 0.732. The van der Waals surface area contributed by atoms with Crippen molar-refractivity contribution in [2.75, 3.05) is 18.6 Å². The second-order valence-corrected chi connectivity index (χ2v) is 9.20. The molecule has 0 aliphatic heterocycles. The lowest BCUT2D eigenvalue weighted by molar-refractivity contribution is 0.303. The highest BCUT2D eigenvalue weighted by Gasteiger charge is 2.12. The topological polar surface area (TPSA) is 21.7 Å². The standard InChI is InChI=1S/C34H37NO2/c1-4-5-6-13-24-37-34-25-27(2)33(36-3)26-29(34)21-18-28-19-22-32(23-20-28)35(30-14-9-7-10-15-30)31-16-11-8-12-17-31/h7-12,14-23,25-26H,4-6,13,24H2,1-3H3/b21-18+. The number of unbranched alkanes of at least 4 members (excludes halogenated alkanes) is 3. The van der Waals surface area contributed by atoms with Crippen molar-refractivity contribution in [1.29, 1.82) is 0 Å². The minimum Gasteiger partial charge on any atom is -0.496 e. The fourth-order valence-electron chi connectivity index (χ4n) is 4.39. The van der Waals surface area contributed by atoms with Gasteiger partial charge in [0.15, 0.2) is 0 Å². The van der Waals surface area contributed by atoms with Crippen LogP contribution in [0.15, 0.2) is 97.1 Å². The van der Waals surface area contributed by atoms with Crippen molar-refractivity contribution >= 4 is 29.2 Å². The van der Waals surface area contributed by atoms with Crippen LogP contribution in [0.2, 0.25) is 0 Å².